The van der Waals surface area contributed by atoms with Gasteiger partial charge in [0.05, 0.1) is 129 Å². The van der Waals surface area contributed by atoms with Gasteiger partial charge in [-0.15, -0.1) is 0 Å². The van der Waals surface area contributed by atoms with E-state index in [0.29, 0.717) is 96.4 Å². The Morgan fingerprint density at radius 2 is 1.15 bits per heavy atom. The number of halogens is 2. The predicted octanol–water partition coefficient (Wildman–Crippen LogP) is 11.4. The van der Waals surface area contributed by atoms with Gasteiger partial charge in [0.25, 0.3) is 17.7 Å². The highest BCUT2D eigenvalue weighted by atomic mass is 19.1. The molecule has 7 aliphatic rings. The van der Waals surface area contributed by atoms with E-state index in [1.165, 1.54) is 29.8 Å². The Morgan fingerprint density at radius 1 is 0.577 bits per heavy atom. The van der Waals surface area contributed by atoms with Crippen LogP contribution in [-0.4, -0.2) is 181 Å². The fourth-order valence-electron chi connectivity index (χ4n) is 16.2. The monoisotopic (exact) mass is 1500 g/mol. The van der Waals surface area contributed by atoms with Crippen molar-refractivity contribution in [2.24, 2.45) is 7.05 Å². The average Bonchev–Trinajstić information content (AvgIpc) is 1.66. The lowest BCUT2D eigenvalue weighted by Crippen LogP contribution is -2.44. The standard InChI is InChI=1S/C29H32N8O2.C28H30FN7O2.C26H25FN6O/c1-35(2)16-22-23(37-12-13-39-29(17-37)8-9-29)4-5-24(34-22)33-21-15-31-26(20-14-32-28(38)25(20)21)18-6-10-30-27-19(18)7-11-36(27)3;1-34(2)9-8-21-23(35-11-13-38-14-12-35)5-6-25(32-21)33-22-4-3-19(20-16-31-28(37)27(20)22)24-17-30-26-15-18(29)7-10-36(24)26;1-32(2)20-5-3-4-15-6-9-22(31-25(15)20)30-19-8-7-17(18-13-29-26(34)24(18)19)21-14-28-23-12-16(27)10-11-33(21)23/h4-7,10-11,15H,8-9,12-14,16-17H2,1-3H3,(H,32,38)(H,33,34);3-7,10,15,17H,8-9,11-14,16H2,1-2H3,(H,31,37)(H,32,33);6-12,14,20H,3-5,13H2,1-2H3,(H,29,34)(H,30,31)/t;;20-/m..0/s1. The lowest BCUT2D eigenvalue weighted by Gasteiger charge is -2.36. The van der Waals surface area contributed by atoms with Gasteiger partial charge in [-0.25, -0.2) is 38.7 Å². The number of fused-ring (bicyclic) bond motifs is 7. The molecular weight excluding hydrogens is 1410 g/mol. The van der Waals surface area contributed by atoms with Crippen LogP contribution in [-0.2, 0) is 55.5 Å². The molecule has 6 N–H and O–H groups in total. The first-order chi connectivity index (χ1) is 53.9. The number of rotatable bonds is 17. The molecule has 111 heavy (non-hydrogen) atoms. The Balaban J connectivity index is 0.000000121. The number of aromatic nitrogens is 10. The van der Waals surface area contributed by atoms with E-state index >= 15 is 0 Å². The van der Waals surface area contributed by atoms with Crippen molar-refractivity contribution in [2.45, 2.75) is 76.3 Å². The highest BCUT2D eigenvalue weighted by Gasteiger charge is 2.48. The number of hydrogen-bond donors (Lipinski definition) is 6. The molecule has 1 spiro atoms. The number of nitrogens with one attached hydrogen (secondary N) is 6. The van der Waals surface area contributed by atoms with Crippen LogP contribution >= 0.6 is 0 Å². The lowest BCUT2D eigenvalue weighted by molar-refractivity contribution is 0.0205. The summed E-state index contributed by atoms with van der Waals surface area (Å²) < 4.78 is 44.5. The van der Waals surface area contributed by atoms with Crippen molar-refractivity contribution in [3.8, 4) is 33.8 Å². The minimum Gasteiger partial charge on any atom is -0.378 e. The van der Waals surface area contributed by atoms with Crippen LogP contribution in [0.3, 0.4) is 0 Å². The molecular formula is C83H87F2N21O5. The molecule has 568 valence electrons. The van der Waals surface area contributed by atoms with Crippen molar-refractivity contribution in [3.05, 3.63) is 208 Å². The third-order valence-electron chi connectivity index (χ3n) is 21.9. The molecule has 28 heteroatoms. The number of likely N-dealkylation sites (N-methyl/N-ethyl adjacent to an activating group) is 1. The van der Waals surface area contributed by atoms with Crippen molar-refractivity contribution < 1.29 is 32.6 Å². The minimum absolute atomic E-state index is 0.0338. The second-order valence-corrected chi connectivity index (χ2v) is 30.1. The molecule has 0 unspecified atom stereocenters. The van der Waals surface area contributed by atoms with Crippen LogP contribution in [0.1, 0.15) is 102 Å². The molecule has 2 aliphatic carbocycles. The summed E-state index contributed by atoms with van der Waals surface area (Å²) in [7, 11) is 14.4. The third kappa shape index (κ3) is 14.3. The highest BCUT2D eigenvalue weighted by molar-refractivity contribution is 6.08. The van der Waals surface area contributed by atoms with Crippen LogP contribution in [0, 0.1) is 11.6 Å². The van der Waals surface area contributed by atoms with E-state index in [-0.39, 0.29) is 35.0 Å². The molecule has 19 rings (SSSR count). The number of pyridine rings is 7. The molecule has 3 amide bonds. The maximum absolute atomic E-state index is 13.7. The smallest absolute Gasteiger partial charge is 0.254 e. The Bertz CT molecular complexity index is 5650. The molecule has 5 aliphatic heterocycles. The van der Waals surface area contributed by atoms with Crippen molar-refractivity contribution in [2.75, 3.05) is 121 Å². The van der Waals surface area contributed by atoms with Crippen LogP contribution in [0.5, 0.6) is 0 Å². The topological polar surface area (TPSA) is 262 Å². The highest BCUT2D eigenvalue weighted by Crippen LogP contribution is 2.45. The van der Waals surface area contributed by atoms with Crippen molar-refractivity contribution in [3.63, 3.8) is 0 Å². The molecule has 12 aromatic rings. The van der Waals surface area contributed by atoms with Crippen LogP contribution in [0.25, 0.3) is 56.1 Å². The van der Waals surface area contributed by atoms with E-state index in [0.717, 1.165) is 179 Å². The maximum Gasteiger partial charge on any atom is 0.254 e. The van der Waals surface area contributed by atoms with E-state index < -0.39 is 0 Å². The van der Waals surface area contributed by atoms with Gasteiger partial charge in [-0.2, -0.15) is 0 Å². The summed E-state index contributed by atoms with van der Waals surface area (Å²) in [5.74, 6) is 1.07. The van der Waals surface area contributed by atoms with Gasteiger partial charge in [0.2, 0.25) is 0 Å². The van der Waals surface area contributed by atoms with E-state index in [1.807, 2.05) is 81.2 Å². The molecule has 0 bridgehead atoms. The number of carbonyl (C=O) groups excluding carboxylic acids is 3. The van der Waals surface area contributed by atoms with Crippen molar-refractivity contribution >= 4 is 85.9 Å². The van der Waals surface area contributed by atoms with E-state index in [9.17, 15) is 23.2 Å². The van der Waals surface area contributed by atoms with Gasteiger partial charge in [-0.1, -0.05) is 18.2 Å². The van der Waals surface area contributed by atoms with Crippen molar-refractivity contribution in [1.82, 2.24) is 78.9 Å². The number of morpholine rings is 2. The summed E-state index contributed by atoms with van der Waals surface area (Å²) in [6.07, 6.45) is 18.6. The van der Waals surface area contributed by atoms with Gasteiger partial charge >= 0.3 is 0 Å². The molecule has 1 saturated carbocycles. The average molecular weight is 1500 g/mol. The van der Waals surface area contributed by atoms with Gasteiger partial charge in [0.1, 0.15) is 46.0 Å². The number of ether oxygens (including phenoxy) is 2. The number of nitrogens with zero attached hydrogens (tertiary/aromatic N) is 15. The summed E-state index contributed by atoms with van der Waals surface area (Å²) in [6.45, 7) is 8.46. The Morgan fingerprint density at radius 3 is 1.77 bits per heavy atom. The SMILES string of the molecule is CN(C)CCc1nc(Nc2ccc(-c3cnc4cc(F)ccn34)c3c2C(=O)NC3)ccc1N1CCOCC1.CN(C)Cc1nc(Nc2cnc(-c3ccnc4c3ccn4C)c3c2C(=O)NC3)ccc1N1CCOC2(CC2)C1.CN(C)[C@H]1CCCc2ccc(Nc3ccc(-c4cnc5cc(F)ccn45)c4c3C(=O)NC4)nc21. The zero-order valence-electron chi connectivity index (χ0n) is 63.1. The van der Waals surface area contributed by atoms with E-state index in [2.05, 4.69) is 132 Å². The van der Waals surface area contributed by atoms with Crippen molar-refractivity contribution in [1.29, 1.82) is 0 Å². The number of aryl methyl sites for hydroxylation is 2. The van der Waals surface area contributed by atoms with E-state index in [4.69, 9.17) is 29.4 Å². The summed E-state index contributed by atoms with van der Waals surface area (Å²) >= 11 is 0. The van der Waals surface area contributed by atoms with E-state index in [1.54, 1.807) is 37.2 Å². The normalized spacial score (nSPS) is 16.6. The fraction of sp³-hybridized carbons (Fsp3) is 0.325. The van der Waals surface area contributed by atoms with Crippen LogP contribution in [0.4, 0.5) is 54.7 Å². The maximum atomic E-state index is 13.7. The van der Waals surface area contributed by atoms with Gasteiger partial charge in [-0.05, 0) is 158 Å². The van der Waals surface area contributed by atoms with Gasteiger partial charge in [-0.3, -0.25) is 28.2 Å². The number of hydrogen-bond acceptors (Lipinski definition) is 20. The van der Waals surface area contributed by atoms with Crippen LogP contribution in [0.2, 0.25) is 0 Å². The summed E-state index contributed by atoms with van der Waals surface area (Å²) in [5.41, 5.74) is 20.3. The quantitative estimate of drug-likeness (QED) is 0.0495. The molecule has 26 nitrogen and oxygen atoms in total. The largest absolute Gasteiger partial charge is 0.378 e. The van der Waals surface area contributed by atoms with Gasteiger partial charge in [0, 0.05) is 137 Å². The molecule has 2 aromatic carbocycles. The van der Waals surface area contributed by atoms with Gasteiger partial charge < -0.3 is 70.4 Å². The molecule has 10 aromatic heterocycles. The summed E-state index contributed by atoms with van der Waals surface area (Å²) in [6, 6.07) is 30.0. The fourth-order valence-corrected chi connectivity index (χ4v) is 16.2. The number of anilines is 8. The van der Waals surface area contributed by atoms with Crippen LogP contribution < -0.4 is 41.7 Å². The first kappa shape index (κ1) is 72.1. The second kappa shape index (κ2) is 29.9. The zero-order valence-corrected chi connectivity index (χ0v) is 63.1. The number of benzene rings is 2. The molecule has 15 heterocycles. The Hall–Kier alpha value is -11.8. The zero-order chi connectivity index (χ0) is 76.3. The minimum atomic E-state index is -0.339. The first-order valence-electron chi connectivity index (χ1n) is 37.7. The number of imidazole rings is 2. The predicted molar refractivity (Wildman–Crippen MR) is 423 cm³/mol. The molecule has 3 fully saturated rings. The number of amides is 3. The van der Waals surface area contributed by atoms with Crippen LogP contribution in [0.15, 0.2) is 140 Å². The molecule has 2 saturated heterocycles. The Labute approximate surface area is 640 Å². The number of carbonyl (C=O) groups is 3. The first-order valence-corrected chi connectivity index (χ1v) is 37.7. The van der Waals surface area contributed by atoms with Gasteiger partial charge in [0.15, 0.2) is 0 Å². The lowest BCUT2D eigenvalue weighted by atomic mass is 9.91. The Kier molecular flexibility index (Phi) is 19.4. The third-order valence-corrected chi connectivity index (χ3v) is 21.9. The second-order valence-electron chi connectivity index (χ2n) is 30.1. The summed E-state index contributed by atoms with van der Waals surface area (Å²) in [4.78, 5) is 83.0. The molecule has 1 atom stereocenters. The molecule has 0 radical (unpaired) electrons. The summed E-state index contributed by atoms with van der Waals surface area (Å²) in [5, 5.41) is 20.1.